The highest BCUT2D eigenvalue weighted by molar-refractivity contribution is 5.77. The van der Waals surface area contributed by atoms with Gasteiger partial charge in [0.15, 0.2) is 0 Å². The van der Waals surface area contributed by atoms with Gasteiger partial charge >= 0.3 is 0 Å². The smallest absolute Gasteiger partial charge is 0.234 e. The standard InChI is InChI=1S/C20H22N2O3/c1-16-5-7-18(8-6-16)24-13-14-25-19-4-2-3-17(15-19)10-12-22-20(23)9-11-21/h2-8,15H,9-10,12-14H2,1H3,(H,22,23). The molecule has 1 N–H and O–H groups in total. The summed E-state index contributed by atoms with van der Waals surface area (Å²) in [6.45, 7) is 3.46. The number of carbonyl (C=O) groups is 1. The van der Waals surface area contributed by atoms with Gasteiger partial charge in [0.1, 0.15) is 31.1 Å². The van der Waals surface area contributed by atoms with Crippen LogP contribution in [0.4, 0.5) is 0 Å². The summed E-state index contributed by atoms with van der Waals surface area (Å²) >= 11 is 0. The van der Waals surface area contributed by atoms with Gasteiger partial charge in [-0.15, -0.1) is 0 Å². The minimum Gasteiger partial charge on any atom is -0.490 e. The Morgan fingerprint density at radius 2 is 1.80 bits per heavy atom. The van der Waals surface area contributed by atoms with Crippen LogP contribution in [0.1, 0.15) is 17.5 Å². The monoisotopic (exact) mass is 338 g/mol. The van der Waals surface area contributed by atoms with Crippen LogP contribution in [0.2, 0.25) is 0 Å². The average molecular weight is 338 g/mol. The van der Waals surface area contributed by atoms with Gasteiger partial charge in [0, 0.05) is 6.54 Å². The van der Waals surface area contributed by atoms with E-state index in [1.165, 1.54) is 5.56 Å². The molecule has 0 aliphatic carbocycles. The third kappa shape index (κ3) is 6.96. The number of nitrogens with one attached hydrogen (secondary N) is 1. The lowest BCUT2D eigenvalue weighted by Crippen LogP contribution is -2.24. The van der Waals surface area contributed by atoms with Gasteiger partial charge < -0.3 is 14.8 Å². The minimum atomic E-state index is -0.247. The second kappa shape index (κ2) is 9.99. The highest BCUT2D eigenvalue weighted by atomic mass is 16.5. The lowest BCUT2D eigenvalue weighted by Gasteiger charge is -2.10. The maximum atomic E-state index is 11.2. The zero-order valence-corrected chi connectivity index (χ0v) is 14.3. The number of aryl methyl sites for hydroxylation is 1. The van der Waals surface area contributed by atoms with E-state index >= 15 is 0 Å². The number of hydrogen-bond donors (Lipinski definition) is 1. The van der Waals surface area contributed by atoms with Crippen LogP contribution >= 0.6 is 0 Å². The van der Waals surface area contributed by atoms with E-state index in [1.54, 1.807) is 0 Å². The van der Waals surface area contributed by atoms with E-state index in [-0.39, 0.29) is 12.3 Å². The molecule has 0 radical (unpaired) electrons. The van der Waals surface area contributed by atoms with E-state index in [2.05, 4.69) is 5.32 Å². The van der Waals surface area contributed by atoms with E-state index in [0.29, 0.717) is 26.2 Å². The molecule has 5 nitrogen and oxygen atoms in total. The Labute approximate surface area is 148 Å². The fraction of sp³-hybridized carbons (Fsp3) is 0.300. The van der Waals surface area contributed by atoms with Crippen LogP contribution in [0, 0.1) is 18.3 Å². The maximum absolute atomic E-state index is 11.2. The lowest BCUT2D eigenvalue weighted by molar-refractivity contribution is -0.120. The number of benzene rings is 2. The number of carbonyl (C=O) groups excluding carboxylic acids is 1. The molecule has 0 aliphatic rings. The number of nitrogens with zero attached hydrogens (tertiary/aromatic N) is 1. The first-order chi connectivity index (χ1) is 12.2. The first-order valence-electron chi connectivity index (χ1n) is 8.22. The number of ether oxygens (including phenoxy) is 2. The van der Waals surface area contributed by atoms with Crippen LogP contribution in [0.25, 0.3) is 0 Å². The van der Waals surface area contributed by atoms with Crippen molar-refractivity contribution < 1.29 is 14.3 Å². The quantitative estimate of drug-likeness (QED) is 0.714. The second-order valence-electron chi connectivity index (χ2n) is 5.59. The van der Waals surface area contributed by atoms with Gasteiger partial charge in [-0.2, -0.15) is 5.26 Å². The summed E-state index contributed by atoms with van der Waals surface area (Å²) in [6.07, 6.45) is 0.582. The van der Waals surface area contributed by atoms with Crippen molar-refractivity contribution in [3.63, 3.8) is 0 Å². The van der Waals surface area contributed by atoms with E-state index in [1.807, 2.05) is 61.5 Å². The van der Waals surface area contributed by atoms with Gasteiger partial charge in [-0.3, -0.25) is 4.79 Å². The third-order valence-electron chi connectivity index (χ3n) is 3.52. The zero-order valence-electron chi connectivity index (χ0n) is 14.3. The molecule has 0 unspecified atom stereocenters. The number of hydrogen-bond acceptors (Lipinski definition) is 4. The zero-order chi connectivity index (χ0) is 17.9. The van der Waals surface area contributed by atoms with Crippen LogP contribution in [0.5, 0.6) is 11.5 Å². The van der Waals surface area contributed by atoms with Gasteiger partial charge in [-0.25, -0.2) is 0 Å². The summed E-state index contributed by atoms with van der Waals surface area (Å²) in [5, 5.41) is 11.1. The van der Waals surface area contributed by atoms with E-state index in [0.717, 1.165) is 17.1 Å². The molecule has 1 amide bonds. The summed E-state index contributed by atoms with van der Waals surface area (Å²) in [4.78, 5) is 11.2. The van der Waals surface area contributed by atoms with Gasteiger partial charge in [-0.05, 0) is 43.2 Å². The predicted octanol–water partition coefficient (Wildman–Crippen LogP) is 3.03. The molecule has 0 fully saturated rings. The molecule has 0 heterocycles. The molecular weight excluding hydrogens is 316 g/mol. The van der Waals surface area contributed by atoms with Crippen molar-refractivity contribution in [3.05, 3.63) is 59.7 Å². The largest absolute Gasteiger partial charge is 0.490 e. The van der Waals surface area contributed by atoms with Crippen molar-refractivity contribution in [2.75, 3.05) is 19.8 Å². The molecule has 0 aromatic heterocycles. The molecule has 2 aromatic rings. The third-order valence-corrected chi connectivity index (χ3v) is 3.52. The van der Waals surface area contributed by atoms with E-state index in [4.69, 9.17) is 14.7 Å². The Bertz CT molecular complexity index is 720. The number of nitriles is 1. The average Bonchev–Trinajstić information content (AvgIpc) is 2.61. The molecule has 130 valence electrons. The molecule has 0 aliphatic heterocycles. The van der Waals surface area contributed by atoms with Crippen molar-refractivity contribution >= 4 is 5.91 Å². The Morgan fingerprint density at radius 1 is 1.08 bits per heavy atom. The first kappa shape index (κ1) is 18.3. The fourth-order valence-corrected chi connectivity index (χ4v) is 2.22. The van der Waals surface area contributed by atoms with Crippen LogP contribution in [-0.4, -0.2) is 25.7 Å². The predicted molar refractivity (Wildman–Crippen MR) is 95.6 cm³/mol. The summed E-state index contributed by atoms with van der Waals surface area (Å²) in [6, 6.07) is 17.5. The maximum Gasteiger partial charge on any atom is 0.234 e. The first-order valence-corrected chi connectivity index (χ1v) is 8.22. The normalized spacial score (nSPS) is 9.92. The lowest BCUT2D eigenvalue weighted by atomic mass is 10.1. The van der Waals surface area contributed by atoms with Crippen LogP contribution < -0.4 is 14.8 Å². The van der Waals surface area contributed by atoms with Crippen molar-refractivity contribution in [1.29, 1.82) is 5.26 Å². The van der Waals surface area contributed by atoms with Crippen molar-refractivity contribution in [2.24, 2.45) is 0 Å². The van der Waals surface area contributed by atoms with Crippen molar-refractivity contribution in [2.45, 2.75) is 19.8 Å². The van der Waals surface area contributed by atoms with Crippen molar-refractivity contribution in [1.82, 2.24) is 5.32 Å². The van der Waals surface area contributed by atoms with Gasteiger partial charge in [0.05, 0.1) is 6.07 Å². The summed E-state index contributed by atoms with van der Waals surface area (Å²) in [7, 11) is 0. The van der Waals surface area contributed by atoms with Crippen molar-refractivity contribution in [3.8, 4) is 17.6 Å². The minimum absolute atomic E-state index is 0.107. The highest BCUT2D eigenvalue weighted by Gasteiger charge is 2.01. The summed E-state index contributed by atoms with van der Waals surface area (Å²) in [5.41, 5.74) is 2.26. The molecule has 5 heteroatoms. The molecule has 0 bridgehead atoms. The van der Waals surface area contributed by atoms with Gasteiger partial charge in [0.2, 0.25) is 5.91 Å². The molecule has 0 atom stereocenters. The molecule has 2 rings (SSSR count). The summed E-state index contributed by atoms with van der Waals surface area (Å²) in [5.74, 6) is 1.35. The molecule has 0 saturated heterocycles. The van der Waals surface area contributed by atoms with E-state index in [9.17, 15) is 4.79 Å². The van der Waals surface area contributed by atoms with Gasteiger partial charge in [0.25, 0.3) is 0 Å². The molecule has 0 spiro atoms. The molecule has 0 saturated carbocycles. The van der Waals surface area contributed by atoms with Crippen LogP contribution in [-0.2, 0) is 11.2 Å². The number of rotatable bonds is 9. The second-order valence-corrected chi connectivity index (χ2v) is 5.59. The Hall–Kier alpha value is -3.00. The Balaban J connectivity index is 1.70. The van der Waals surface area contributed by atoms with Gasteiger partial charge in [-0.1, -0.05) is 29.8 Å². The Morgan fingerprint density at radius 3 is 2.52 bits per heavy atom. The highest BCUT2D eigenvalue weighted by Crippen LogP contribution is 2.14. The molecular formula is C20H22N2O3. The number of amides is 1. The summed E-state index contributed by atoms with van der Waals surface area (Å²) < 4.78 is 11.3. The molecule has 2 aromatic carbocycles. The topological polar surface area (TPSA) is 71.3 Å². The van der Waals surface area contributed by atoms with Crippen LogP contribution in [0.3, 0.4) is 0 Å². The molecule has 25 heavy (non-hydrogen) atoms. The fourth-order valence-electron chi connectivity index (χ4n) is 2.22. The van der Waals surface area contributed by atoms with Crippen LogP contribution in [0.15, 0.2) is 48.5 Å². The van der Waals surface area contributed by atoms with E-state index < -0.39 is 0 Å². The SMILES string of the molecule is Cc1ccc(OCCOc2cccc(CCNC(=O)CC#N)c2)cc1. The Kier molecular flexibility index (Phi) is 7.33.